The Kier molecular flexibility index (Phi) is 1.95. The van der Waals surface area contributed by atoms with Gasteiger partial charge in [-0.2, -0.15) is 0 Å². The van der Waals surface area contributed by atoms with Gasteiger partial charge in [0.2, 0.25) is 0 Å². The van der Waals surface area contributed by atoms with Crippen molar-refractivity contribution in [2.45, 2.75) is 6.55 Å². The molecule has 0 saturated carbocycles. The smallest absolute Gasteiger partial charge is 0.399 e. The quantitative estimate of drug-likeness (QED) is 0.388. The van der Waals surface area contributed by atoms with Gasteiger partial charge < -0.3 is 5.73 Å². The maximum Gasteiger partial charge on any atom is 0.452 e. The molecule has 1 nitrogen and oxygen atoms in total. The van der Waals surface area contributed by atoms with Gasteiger partial charge >= 0.3 is 8.74 Å². The van der Waals surface area contributed by atoms with Crippen molar-refractivity contribution in [2.24, 2.45) is 0 Å². The molecule has 0 radical (unpaired) electrons. The van der Waals surface area contributed by atoms with Gasteiger partial charge in [0.05, 0.1) is 0 Å². The molecule has 1 aromatic carbocycles. The van der Waals surface area contributed by atoms with Gasteiger partial charge in [0.15, 0.2) is 0 Å². The molecule has 0 fully saturated rings. The standard InChI is InChI=1S/C7H9F2NSi/c1-11(8,9)7-4-2-6(10)3-5-7/h2-5H,10H2,1H3. The van der Waals surface area contributed by atoms with Crippen LogP contribution >= 0.6 is 0 Å². The zero-order valence-corrected chi connectivity index (χ0v) is 7.14. The van der Waals surface area contributed by atoms with Gasteiger partial charge in [-0.3, -0.25) is 8.22 Å². The normalized spacial score (nSPS) is 11.5. The van der Waals surface area contributed by atoms with Crippen molar-refractivity contribution in [3.63, 3.8) is 0 Å². The molecule has 2 N–H and O–H groups in total. The van der Waals surface area contributed by atoms with Crippen LogP contribution in [0.1, 0.15) is 0 Å². The van der Waals surface area contributed by atoms with E-state index in [1.807, 2.05) is 0 Å². The number of nitrogen functional groups attached to an aromatic ring is 1. The van der Waals surface area contributed by atoms with E-state index in [9.17, 15) is 8.22 Å². The highest BCUT2D eigenvalue weighted by Crippen LogP contribution is 2.07. The fourth-order valence-corrected chi connectivity index (χ4v) is 1.53. The van der Waals surface area contributed by atoms with Gasteiger partial charge in [0.25, 0.3) is 0 Å². The number of benzene rings is 1. The van der Waals surface area contributed by atoms with Crippen molar-refractivity contribution >= 4 is 19.6 Å². The number of rotatable bonds is 1. The number of anilines is 1. The van der Waals surface area contributed by atoms with Gasteiger partial charge in [-0.05, 0) is 18.7 Å². The second-order valence-electron chi connectivity index (χ2n) is 2.51. The molecule has 0 saturated heterocycles. The second kappa shape index (κ2) is 2.62. The summed E-state index contributed by atoms with van der Waals surface area (Å²) in [7, 11) is -4.11. The third kappa shape index (κ3) is 2.01. The molecular formula is C7H9F2NSi. The van der Waals surface area contributed by atoms with Crippen molar-refractivity contribution in [3.05, 3.63) is 24.3 Å². The first-order valence-corrected chi connectivity index (χ1v) is 5.49. The summed E-state index contributed by atoms with van der Waals surface area (Å²) < 4.78 is 25.4. The molecule has 11 heavy (non-hydrogen) atoms. The van der Waals surface area contributed by atoms with Gasteiger partial charge in [-0.25, -0.2) is 0 Å². The van der Waals surface area contributed by atoms with Crippen LogP contribution in [0.2, 0.25) is 6.55 Å². The minimum Gasteiger partial charge on any atom is -0.399 e. The molecule has 0 unspecified atom stereocenters. The molecule has 0 aliphatic carbocycles. The monoisotopic (exact) mass is 173 g/mol. The van der Waals surface area contributed by atoms with E-state index in [1.165, 1.54) is 24.3 Å². The van der Waals surface area contributed by atoms with Gasteiger partial charge in [-0.15, -0.1) is 0 Å². The van der Waals surface area contributed by atoms with Gasteiger partial charge in [0.1, 0.15) is 0 Å². The van der Waals surface area contributed by atoms with Crippen LogP contribution in [-0.2, 0) is 0 Å². The van der Waals surface area contributed by atoms with Crippen molar-refractivity contribution in [1.82, 2.24) is 0 Å². The predicted molar refractivity (Wildman–Crippen MR) is 44.3 cm³/mol. The largest absolute Gasteiger partial charge is 0.452 e. The molecule has 0 atom stereocenters. The summed E-state index contributed by atoms with van der Waals surface area (Å²) in [6, 6.07) is 5.78. The predicted octanol–water partition coefficient (Wildman–Crippen LogP) is 1.49. The summed E-state index contributed by atoms with van der Waals surface area (Å²) >= 11 is 0. The first-order valence-electron chi connectivity index (χ1n) is 3.24. The van der Waals surface area contributed by atoms with E-state index in [1.54, 1.807) is 0 Å². The van der Waals surface area contributed by atoms with Gasteiger partial charge in [-0.1, -0.05) is 12.1 Å². The first kappa shape index (κ1) is 8.20. The summed E-state index contributed by atoms with van der Waals surface area (Å²) in [5.74, 6) is 0. The molecule has 4 heteroatoms. The summed E-state index contributed by atoms with van der Waals surface area (Å²) in [5.41, 5.74) is 5.86. The number of hydrogen-bond acceptors (Lipinski definition) is 1. The fourth-order valence-electron chi connectivity index (χ4n) is 0.776. The molecule has 0 aromatic heterocycles. The lowest BCUT2D eigenvalue weighted by molar-refractivity contribution is 0.642. The summed E-state index contributed by atoms with van der Waals surface area (Å²) in [5, 5.41) is 0.131. The lowest BCUT2D eigenvalue weighted by atomic mass is 10.3. The van der Waals surface area contributed by atoms with Crippen LogP contribution in [0.4, 0.5) is 13.9 Å². The maximum absolute atomic E-state index is 12.7. The van der Waals surface area contributed by atoms with Crippen LogP contribution in [0.3, 0.4) is 0 Å². The van der Waals surface area contributed by atoms with Crippen LogP contribution in [0.25, 0.3) is 0 Å². The minimum atomic E-state index is -4.11. The Morgan fingerprint density at radius 1 is 1.18 bits per heavy atom. The van der Waals surface area contributed by atoms with Crippen LogP contribution in [0.5, 0.6) is 0 Å². The molecule has 1 aromatic rings. The first-order chi connectivity index (χ1) is 5.00. The molecule has 60 valence electrons. The SMILES string of the molecule is C[Si](F)(F)c1ccc(N)cc1. The summed E-state index contributed by atoms with van der Waals surface area (Å²) in [6.07, 6.45) is 0. The highest BCUT2D eigenvalue weighted by molar-refractivity contribution is 6.78. The topological polar surface area (TPSA) is 26.0 Å². The Morgan fingerprint density at radius 3 is 2.00 bits per heavy atom. The zero-order chi connectivity index (χ0) is 8.48. The Labute approximate surface area is 65.2 Å². The third-order valence-electron chi connectivity index (χ3n) is 1.42. The van der Waals surface area contributed by atoms with Crippen LogP contribution in [0, 0.1) is 0 Å². The second-order valence-corrected chi connectivity index (χ2v) is 4.86. The van der Waals surface area contributed by atoms with E-state index in [2.05, 4.69) is 0 Å². The van der Waals surface area contributed by atoms with E-state index < -0.39 is 8.74 Å². The van der Waals surface area contributed by atoms with E-state index in [4.69, 9.17) is 5.73 Å². The maximum atomic E-state index is 12.7. The lowest BCUT2D eigenvalue weighted by Crippen LogP contribution is -2.34. The Bertz CT molecular complexity index is 240. The Hall–Kier alpha value is -0.903. The van der Waals surface area contributed by atoms with Crippen molar-refractivity contribution < 1.29 is 8.22 Å². The number of halogens is 2. The third-order valence-corrected chi connectivity index (χ3v) is 2.76. The van der Waals surface area contributed by atoms with E-state index in [0.29, 0.717) is 5.69 Å². The molecule has 0 bridgehead atoms. The molecule has 0 heterocycles. The van der Waals surface area contributed by atoms with Crippen LogP contribution in [0.15, 0.2) is 24.3 Å². The van der Waals surface area contributed by atoms with Crippen molar-refractivity contribution in [2.75, 3.05) is 5.73 Å². The van der Waals surface area contributed by atoms with Gasteiger partial charge in [0, 0.05) is 10.9 Å². The summed E-state index contributed by atoms with van der Waals surface area (Å²) in [4.78, 5) is 0. The Balaban J connectivity index is 2.99. The fraction of sp³-hybridized carbons (Fsp3) is 0.143. The van der Waals surface area contributed by atoms with E-state index in [0.717, 1.165) is 6.55 Å². The molecule has 0 amide bonds. The zero-order valence-electron chi connectivity index (χ0n) is 6.14. The molecule has 0 spiro atoms. The number of nitrogens with two attached hydrogens (primary N) is 1. The van der Waals surface area contributed by atoms with Crippen molar-refractivity contribution in [3.8, 4) is 0 Å². The average molecular weight is 173 g/mol. The minimum absolute atomic E-state index is 0.131. The molecular weight excluding hydrogens is 164 g/mol. The molecule has 1 rings (SSSR count). The molecule has 0 aliphatic heterocycles. The average Bonchev–Trinajstić information content (AvgIpc) is 1.86. The van der Waals surface area contributed by atoms with Crippen LogP contribution < -0.4 is 10.9 Å². The summed E-state index contributed by atoms with van der Waals surface area (Å²) in [6.45, 7) is 0.999. The number of hydrogen-bond donors (Lipinski definition) is 1. The lowest BCUT2D eigenvalue weighted by Gasteiger charge is -2.05. The van der Waals surface area contributed by atoms with Crippen molar-refractivity contribution in [1.29, 1.82) is 0 Å². The molecule has 0 aliphatic rings. The highest BCUT2D eigenvalue weighted by Gasteiger charge is 2.30. The van der Waals surface area contributed by atoms with E-state index in [-0.39, 0.29) is 5.19 Å². The van der Waals surface area contributed by atoms with Crippen LogP contribution in [-0.4, -0.2) is 8.74 Å². The highest BCUT2D eigenvalue weighted by atomic mass is 28.4. The Morgan fingerprint density at radius 2 is 1.64 bits per heavy atom. The van der Waals surface area contributed by atoms with E-state index >= 15 is 0 Å².